The Kier molecular flexibility index (Phi) is 2.99. The molecular weight excluding hydrogens is 252 g/mol. The van der Waals surface area contributed by atoms with Gasteiger partial charge >= 0.3 is 0 Å². The SMILES string of the molecule is Cc1ccccc1Cn1ccc2c([N+](=O)[O-])cccc21. The fourth-order valence-corrected chi connectivity index (χ4v) is 2.48. The molecule has 0 bridgehead atoms. The Labute approximate surface area is 116 Å². The van der Waals surface area contributed by atoms with Crippen LogP contribution in [0.4, 0.5) is 5.69 Å². The average Bonchev–Trinajstić information content (AvgIpc) is 2.84. The fourth-order valence-electron chi connectivity index (χ4n) is 2.48. The summed E-state index contributed by atoms with van der Waals surface area (Å²) in [7, 11) is 0. The first-order valence-corrected chi connectivity index (χ1v) is 6.43. The molecule has 0 aliphatic heterocycles. The van der Waals surface area contributed by atoms with Gasteiger partial charge in [-0.25, -0.2) is 0 Å². The van der Waals surface area contributed by atoms with Gasteiger partial charge in [0.1, 0.15) is 0 Å². The predicted molar refractivity (Wildman–Crippen MR) is 78.9 cm³/mol. The average molecular weight is 266 g/mol. The third kappa shape index (κ3) is 2.05. The third-order valence-corrected chi connectivity index (χ3v) is 3.59. The van der Waals surface area contributed by atoms with Gasteiger partial charge in [-0.1, -0.05) is 30.3 Å². The van der Waals surface area contributed by atoms with Crippen LogP contribution in [0.2, 0.25) is 0 Å². The lowest BCUT2D eigenvalue weighted by Crippen LogP contribution is -1.99. The second-order valence-electron chi connectivity index (χ2n) is 4.84. The second kappa shape index (κ2) is 4.81. The molecule has 0 saturated carbocycles. The molecule has 2 aromatic carbocycles. The van der Waals surface area contributed by atoms with E-state index in [1.807, 2.05) is 35.0 Å². The Balaban J connectivity index is 2.08. The molecule has 0 fully saturated rings. The first-order valence-electron chi connectivity index (χ1n) is 6.43. The minimum Gasteiger partial charge on any atom is -0.343 e. The largest absolute Gasteiger partial charge is 0.343 e. The molecule has 0 unspecified atom stereocenters. The van der Waals surface area contributed by atoms with Crippen molar-refractivity contribution in [3.63, 3.8) is 0 Å². The maximum atomic E-state index is 11.0. The molecule has 4 heteroatoms. The van der Waals surface area contributed by atoms with E-state index in [4.69, 9.17) is 0 Å². The van der Waals surface area contributed by atoms with Crippen LogP contribution in [0.1, 0.15) is 11.1 Å². The quantitative estimate of drug-likeness (QED) is 0.533. The highest BCUT2D eigenvalue weighted by Gasteiger charge is 2.13. The molecule has 4 nitrogen and oxygen atoms in total. The van der Waals surface area contributed by atoms with Crippen LogP contribution in [0.3, 0.4) is 0 Å². The van der Waals surface area contributed by atoms with Crippen LogP contribution in [0, 0.1) is 17.0 Å². The lowest BCUT2D eigenvalue weighted by atomic mass is 10.1. The van der Waals surface area contributed by atoms with E-state index in [0.29, 0.717) is 5.39 Å². The van der Waals surface area contributed by atoms with E-state index >= 15 is 0 Å². The highest BCUT2D eigenvalue weighted by molar-refractivity contribution is 5.89. The molecule has 3 rings (SSSR count). The highest BCUT2D eigenvalue weighted by Crippen LogP contribution is 2.27. The van der Waals surface area contributed by atoms with Crippen LogP contribution in [0.15, 0.2) is 54.7 Å². The number of hydrogen-bond acceptors (Lipinski definition) is 2. The normalized spacial score (nSPS) is 10.8. The summed E-state index contributed by atoms with van der Waals surface area (Å²) in [5.74, 6) is 0. The molecule has 0 N–H and O–H groups in total. The molecule has 0 spiro atoms. The van der Waals surface area contributed by atoms with Crippen LogP contribution in [0.25, 0.3) is 10.9 Å². The zero-order valence-corrected chi connectivity index (χ0v) is 11.1. The lowest BCUT2D eigenvalue weighted by Gasteiger charge is -2.08. The topological polar surface area (TPSA) is 48.1 Å². The Morgan fingerprint density at radius 3 is 2.65 bits per heavy atom. The Hall–Kier alpha value is -2.62. The van der Waals surface area contributed by atoms with Crippen molar-refractivity contribution in [1.82, 2.24) is 4.57 Å². The molecule has 0 atom stereocenters. The maximum Gasteiger partial charge on any atom is 0.278 e. The number of rotatable bonds is 3. The third-order valence-electron chi connectivity index (χ3n) is 3.59. The summed E-state index contributed by atoms with van der Waals surface area (Å²) in [6.07, 6.45) is 1.91. The summed E-state index contributed by atoms with van der Waals surface area (Å²) in [6, 6.07) is 15.2. The van der Waals surface area contributed by atoms with Gasteiger partial charge in [0, 0.05) is 18.8 Å². The van der Waals surface area contributed by atoms with E-state index in [1.54, 1.807) is 12.1 Å². The van der Waals surface area contributed by atoms with Gasteiger partial charge in [-0.05, 0) is 30.2 Å². The maximum absolute atomic E-state index is 11.0. The minimum absolute atomic E-state index is 0.158. The van der Waals surface area contributed by atoms with Crippen LogP contribution in [-0.2, 0) is 6.54 Å². The minimum atomic E-state index is -0.333. The monoisotopic (exact) mass is 266 g/mol. The summed E-state index contributed by atoms with van der Waals surface area (Å²) in [6.45, 7) is 2.79. The number of hydrogen-bond donors (Lipinski definition) is 0. The Bertz CT molecular complexity index is 790. The van der Waals surface area contributed by atoms with Crippen molar-refractivity contribution >= 4 is 16.6 Å². The van der Waals surface area contributed by atoms with Gasteiger partial charge in [-0.2, -0.15) is 0 Å². The first-order chi connectivity index (χ1) is 9.66. The van der Waals surface area contributed by atoms with E-state index < -0.39 is 0 Å². The van der Waals surface area contributed by atoms with E-state index in [-0.39, 0.29) is 10.6 Å². The summed E-state index contributed by atoms with van der Waals surface area (Å²) in [5, 5.41) is 11.7. The molecule has 100 valence electrons. The number of non-ortho nitro benzene ring substituents is 1. The van der Waals surface area contributed by atoms with Crippen LogP contribution < -0.4 is 0 Å². The molecule has 0 radical (unpaired) electrons. The molecule has 0 amide bonds. The number of nitro groups is 1. The summed E-state index contributed by atoms with van der Waals surface area (Å²) in [5.41, 5.74) is 3.49. The number of nitrogens with zero attached hydrogens (tertiary/aromatic N) is 2. The molecule has 1 heterocycles. The van der Waals surface area contributed by atoms with Crippen molar-refractivity contribution in [2.75, 3.05) is 0 Å². The zero-order valence-electron chi connectivity index (χ0n) is 11.1. The van der Waals surface area contributed by atoms with E-state index in [1.165, 1.54) is 11.1 Å². The van der Waals surface area contributed by atoms with Gasteiger partial charge in [0.25, 0.3) is 5.69 Å². The van der Waals surface area contributed by atoms with Crippen LogP contribution in [0.5, 0.6) is 0 Å². The van der Waals surface area contributed by atoms with E-state index in [9.17, 15) is 10.1 Å². The molecular formula is C16H14N2O2. The molecule has 3 aromatic rings. The van der Waals surface area contributed by atoms with Crippen molar-refractivity contribution < 1.29 is 4.92 Å². The van der Waals surface area contributed by atoms with Gasteiger partial charge in [0.2, 0.25) is 0 Å². The van der Waals surface area contributed by atoms with Gasteiger partial charge in [0.05, 0.1) is 15.8 Å². The standard InChI is InChI=1S/C16H14N2O2/c1-12-5-2-3-6-13(12)11-17-10-9-14-15(17)7-4-8-16(14)18(19)20/h2-10H,11H2,1H3. The van der Waals surface area contributed by atoms with Gasteiger partial charge in [0.15, 0.2) is 0 Å². The number of fused-ring (bicyclic) bond motifs is 1. The summed E-state index contributed by atoms with van der Waals surface area (Å²) < 4.78 is 2.05. The molecule has 0 saturated heterocycles. The Morgan fingerprint density at radius 2 is 1.90 bits per heavy atom. The van der Waals surface area contributed by atoms with Gasteiger partial charge < -0.3 is 4.57 Å². The Morgan fingerprint density at radius 1 is 1.10 bits per heavy atom. The van der Waals surface area contributed by atoms with Crippen molar-refractivity contribution in [1.29, 1.82) is 0 Å². The van der Waals surface area contributed by atoms with Gasteiger partial charge in [-0.3, -0.25) is 10.1 Å². The van der Waals surface area contributed by atoms with Gasteiger partial charge in [-0.15, -0.1) is 0 Å². The zero-order chi connectivity index (χ0) is 14.1. The number of aryl methyl sites for hydroxylation is 1. The number of aromatic nitrogens is 1. The summed E-state index contributed by atoms with van der Waals surface area (Å²) >= 11 is 0. The van der Waals surface area contributed by atoms with Crippen LogP contribution in [-0.4, -0.2) is 9.49 Å². The molecule has 1 aromatic heterocycles. The van der Waals surface area contributed by atoms with Crippen molar-refractivity contribution in [3.05, 3.63) is 76.0 Å². The lowest BCUT2D eigenvalue weighted by molar-refractivity contribution is -0.383. The van der Waals surface area contributed by atoms with Crippen LogP contribution >= 0.6 is 0 Å². The second-order valence-corrected chi connectivity index (χ2v) is 4.84. The number of benzene rings is 2. The molecule has 0 aliphatic carbocycles. The van der Waals surface area contributed by atoms with Crippen molar-refractivity contribution in [2.45, 2.75) is 13.5 Å². The van der Waals surface area contributed by atoms with Crippen molar-refractivity contribution in [3.8, 4) is 0 Å². The number of nitro benzene ring substituents is 1. The first kappa shape index (κ1) is 12.4. The molecule has 0 aliphatic rings. The van der Waals surface area contributed by atoms with Crippen molar-refractivity contribution in [2.24, 2.45) is 0 Å². The highest BCUT2D eigenvalue weighted by atomic mass is 16.6. The predicted octanol–water partition coefficient (Wildman–Crippen LogP) is 3.91. The van der Waals surface area contributed by atoms with E-state index in [0.717, 1.165) is 12.1 Å². The smallest absolute Gasteiger partial charge is 0.278 e. The fraction of sp³-hybridized carbons (Fsp3) is 0.125. The summed E-state index contributed by atoms with van der Waals surface area (Å²) in [4.78, 5) is 10.7. The van der Waals surface area contributed by atoms with E-state index in [2.05, 4.69) is 19.1 Å². The molecule has 20 heavy (non-hydrogen) atoms.